The Morgan fingerprint density at radius 3 is 2.62 bits per heavy atom. The Hall–Kier alpha value is -1.93. The molecule has 1 aromatic rings. The molecule has 0 aromatic heterocycles. The number of nitrogens with zero attached hydrogens (tertiary/aromatic N) is 2. The highest BCUT2D eigenvalue weighted by Gasteiger charge is 2.31. The van der Waals surface area contributed by atoms with Crippen molar-refractivity contribution in [2.75, 3.05) is 19.0 Å². The lowest BCUT2D eigenvalue weighted by molar-refractivity contribution is -0.140. The van der Waals surface area contributed by atoms with Crippen LogP contribution >= 0.6 is 0 Å². The summed E-state index contributed by atoms with van der Waals surface area (Å²) in [5, 5.41) is 8.93. The monoisotopic (exact) mass is 312 g/mol. The largest absolute Gasteiger partial charge is 0.480 e. The summed E-state index contributed by atoms with van der Waals surface area (Å²) in [6.45, 7) is 1.30. The number of carbonyl (C=O) groups is 2. The van der Waals surface area contributed by atoms with Crippen molar-refractivity contribution in [2.45, 2.75) is 24.3 Å². The zero-order valence-electron chi connectivity index (χ0n) is 11.9. The summed E-state index contributed by atoms with van der Waals surface area (Å²) in [5.41, 5.74) is 1.30. The van der Waals surface area contributed by atoms with E-state index in [1.54, 1.807) is 13.1 Å². The van der Waals surface area contributed by atoms with E-state index >= 15 is 0 Å². The number of carboxylic acids is 1. The van der Waals surface area contributed by atoms with E-state index < -0.39 is 22.0 Å². The third-order valence-electron chi connectivity index (χ3n) is 3.71. The highest BCUT2D eigenvalue weighted by atomic mass is 32.2. The Morgan fingerprint density at radius 1 is 1.43 bits per heavy atom. The molecular formula is C13H16N2O5S. The molecule has 1 unspecified atom stereocenters. The van der Waals surface area contributed by atoms with Crippen LogP contribution in [0.4, 0.5) is 5.69 Å². The van der Waals surface area contributed by atoms with Crippen molar-refractivity contribution in [1.29, 1.82) is 0 Å². The van der Waals surface area contributed by atoms with Crippen LogP contribution in [0.15, 0.2) is 23.1 Å². The molecule has 1 N–H and O–H groups in total. The van der Waals surface area contributed by atoms with Gasteiger partial charge in [-0.15, -0.1) is 0 Å². The minimum Gasteiger partial charge on any atom is -0.480 e. The summed E-state index contributed by atoms with van der Waals surface area (Å²) in [4.78, 5) is 24.0. The fourth-order valence-electron chi connectivity index (χ4n) is 2.14. The van der Waals surface area contributed by atoms with Crippen LogP contribution in [0, 0.1) is 0 Å². The second-order valence-electron chi connectivity index (χ2n) is 4.96. The van der Waals surface area contributed by atoms with Gasteiger partial charge in [0.1, 0.15) is 6.04 Å². The van der Waals surface area contributed by atoms with E-state index in [-0.39, 0.29) is 17.2 Å². The highest BCUT2D eigenvalue weighted by molar-refractivity contribution is 7.89. The normalized spacial score (nSPS) is 16.2. The smallest absolute Gasteiger partial charge is 0.321 e. The molecule has 0 saturated heterocycles. The second kappa shape index (κ2) is 5.12. The number of likely N-dealkylation sites (N-methyl/N-ethyl adjacent to an activating group) is 2. The average Bonchev–Trinajstić information content (AvgIpc) is 2.71. The molecule has 0 aliphatic carbocycles. The van der Waals surface area contributed by atoms with Crippen molar-refractivity contribution < 1.29 is 23.1 Å². The van der Waals surface area contributed by atoms with Crippen molar-refractivity contribution in [2.24, 2.45) is 0 Å². The van der Waals surface area contributed by atoms with Crippen molar-refractivity contribution in [3.05, 3.63) is 23.8 Å². The number of amides is 1. The maximum Gasteiger partial charge on any atom is 0.321 e. The Morgan fingerprint density at radius 2 is 2.05 bits per heavy atom. The van der Waals surface area contributed by atoms with E-state index in [1.807, 2.05) is 0 Å². The molecule has 1 amide bonds. The lowest BCUT2D eigenvalue weighted by Gasteiger charge is -2.21. The minimum atomic E-state index is -3.92. The van der Waals surface area contributed by atoms with Crippen molar-refractivity contribution >= 4 is 27.6 Å². The van der Waals surface area contributed by atoms with Crippen LogP contribution in [-0.4, -0.2) is 49.8 Å². The van der Waals surface area contributed by atoms with Crippen LogP contribution in [0.25, 0.3) is 0 Å². The van der Waals surface area contributed by atoms with Crippen molar-refractivity contribution in [1.82, 2.24) is 4.31 Å². The summed E-state index contributed by atoms with van der Waals surface area (Å²) in [5.74, 6) is -1.33. The van der Waals surface area contributed by atoms with Gasteiger partial charge in [-0.05, 0) is 30.7 Å². The maximum atomic E-state index is 12.4. The molecule has 0 spiro atoms. The summed E-state index contributed by atoms with van der Waals surface area (Å²) >= 11 is 0. The number of sulfonamides is 1. The molecule has 2 rings (SSSR count). The number of fused-ring (bicyclic) bond motifs is 1. The molecule has 1 heterocycles. The van der Waals surface area contributed by atoms with Crippen LogP contribution in [0.1, 0.15) is 12.5 Å². The van der Waals surface area contributed by atoms with E-state index in [9.17, 15) is 18.0 Å². The van der Waals surface area contributed by atoms with E-state index in [0.717, 1.165) is 4.31 Å². The molecule has 21 heavy (non-hydrogen) atoms. The molecule has 0 saturated carbocycles. The van der Waals surface area contributed by atoms with Gasteiger partial charge in [-0.3, -0.25) is 9.59 Å². The van der Waals surface area contributed by atoms with Gasteiger partial charge in [-0.2, -0.15) is 4.31 Å². The number of hydrogen-bond donors (Lipinski definition) is 1. The molecule has 114 valence electrons. The molecule has 0 radical (unpaired) electrons. The topological polar surface area (TPSA) is 95.0 Å². The zero-order chi connectivity index (χ0) is 15.9. The Bertz CT molecular complexity index is 713. The standard InChI is InChI=1S/C13H16N2O5S/c1-8(13(17)18)15(3)21(19,20)10-4-5-11-9(6-10)7-12(16)14(11)2/h4-6,8H,7H2,1-3H3,(H,17,18). The Balaban J connectivity index is 2.42. The van der Waals surface area contributed by atoms with Crippen molar-refractivity contribution in [3.8, 4) is 0 Å². The molecule has 1 aromatic carbocycles. The second-order valence-corrected chi connectivity index (χ2v) is 6.95. The third kappa shape index (κ3) is 2.52. The number of anilines is 1. The van der Waals surface area contributed by atoms with Crippen LogP contribution in [0.2, 0.25) is 0 Å². The molecule has 7 nitrogen and oxygen atoms in total. The van der Waals surface area contributed by atoms with Gasteiger partial charge >= 0.3 is 5.97 Å². The van der Waals surface area contributed by atoms with Gasteiger partial charge in [-0.1, -0.05) is 0 Å². The number of benzene rings is 1. The summed E-state index contributed by atoms with van der Waals surface area (Å²) in [6.07, 6.45) is 0.146. The van der Waals surface area contributed by atoms with E-state index in [1.165, 1.54) is 31.0 Å². The molecular weight excluding hydrogens is 296 g/mol. The molecule has 0 bridgehead atoms. The first-order valence-electron chi connectivity index (χ1n) is 6.26. The summed E-state index contributed by atoms with van der Waals surface area (Å²) < 4.78 is 25.6. The Kier molecular flexibility index (Phi) is 3.77. The quantitative estimate of drug-likeness (QED) is 0.863. The fraction of sp³-hybridized carbons (Fsp3) is 0.385. The van der Waals surface area contributed by atoms with Crippen molar-refractivity contribution in [3.63, 3.8) is 0 Å². The number of aliphatic carboxylic acids is 1. The van der Waals surface area contributed by atoms with E-state index in [2.05, 4.69) is 0 Å². The zero-order valence-corrected chi connectivity index (χ0v) is 12.7. The molecule has 1 atom stereocenters. The first kappa shape index (κ1) is 15.5. The van der Waals surface area contributed by atoms with E-state index in [4.69, 9.17) is 5.11 Å². The fourth-order valence-corrected chi connectivity index (χ4v) is 3.51. The number of hydrogen-bond acceptors (Lipinski definition) is 4. The molecule has 1 aliphatic heterocycles. The average molecular weight is 312 g/mol. The molecule has 0 fully saturated rings. The Labute approximate surface area is 122 Å². The summed E-state index contributed by atoms with van der Waals surface area (Å²) in [7, 11) is -1.07. The number of carbonyl (C=O) groups excluding carboxylic acids is 1. The first-order chi connectivity index (χ1) is 9.66. The third-order valence-corrected chi connectivity index (χ3v) is 5.63. The predicted octanol–water partition coefficient (Wildman–Crippen LogP) is 0.299. The molecule has 8 heteroatoms. The van der Waals surface area contributed by atoms with Crippen LogP contribution < -0.4 is 4.90 Å². The summed E-state index contributed by atoms with van der Waals surface area (Å²) in [6, 6.07) is 3.20. The van der Waals surface area contributed by atoms with Crippen LogP contribution in [0.3, 0.4) is 0 Å². The number of carboxylic acid groups (broad SMARTS) is 1. The number of rotatable bonds is 4. The van der Waals surface area contributed by atoms with Gasteiger partial charge in [-0.25, -0.2) is 8.42 Å². The first-order valence-corrected chi connectivity index (χ1v) is 7.70. The van der Waals surface area contributed by atoms with Gasteiger partial charge in [0.15, 0.2) is 0 Å². The lowest BCUT2D eigenvalue weighted by Crippen LogP contribution is -2.40. The van der Waals surface area contributed by atoms with Crippen LogP contribution in [0.5, 0.6) is 0 Å². The lowest BCUT2D eigenvalue weighted by atomic mass is 10.2. The van der Waals surface area contributed by atoms with Gasteiger partial charge in [0.05, 0.1) is 11.3 Å². The minimum absolute atomic E-state index is 0.0139. The van der Waals surface area contributed by atoms with Gasteiger partial charge in [0.25, 0.3) is 0 Å². The predicted molar refractivity (Wildman–Crippen MR) is 75.6 cm³/mol. The maximum absolute atomic E-state index is 12.4. The van der Waals surface area contributed by atoms with Gasteiger partial charge in [0, 0.05) is 19.8 Å². The molecule has 1 aliphatic rings. The van der Waals surface area contributed by atoms with Gasteiger partial charge in [0.2, 0.25) is 15.9 Å². The van der Waals surface area contributed by atoms with E-state index in [0.29, 0.717) is 11.3 Å². The SMILES string of the molecule is CC(C(=O)O)N(C)S(=O)(=O)c1ccc2c(c1)CC(=O)N2C. The highest BCUT2D eigenvalue weighted by Crippen LogP contribution is 2.30. The van der Waals surface area contributed by atoms with Crippen LogP contribution in [-0.2, 0) is 26.0 Å². The van der Waals surface area contributed by atoms with Gasteiger partial charge < -0.3 is 10.0 Å².